The van der Waals surface area contributed by atoms with Crippen molar-refractivity contribution < 1.29 is 23.9 Å². The molecule has 2 rings (SSSR count). The van der Waals surface area contributed by atoms with Crippen molar-refractivity contribution in [2.75, 3.05) is 33.5 Å². The van der Waals surface area contributed by atoms with Gasteiger partial charge in [-0.05, 0) is 31.0 Å². The highest BCUT2D eigenvalue weighted by atomic mass is 16.7. The molecule has 0 radical (unpaired) electrons. The molecule has 1 aromatic carbocycles. The van der Waals surface area contributed by atoms with Gasteiger partial charge in [0.25, 0.3) is 5.90 Å². The van der Waals surface area contributed by atoms with Crippen LogP contribution in [-0.2, 0) is 19.1 Å². The van der Waals surface area contributed by atoms with Crippen molar-refractivity contribution >= 4 is 29.1 Å². The topological polar surface area (TPSA) is 94.3 Å². The van der Waals surface area contributed by atoms with E-state index in [0.29, 0.717) is 28.6 Å². The summed E-state index contributed by atoms with van der Waals surface area (Å²) < 4.78 is 10.0. The number of nitrogens with zero attached hydrogens (tertiary/aromatic N) is 4. The number of methoxy groups -OCH3 is 2. The maximum Gasteiger partial charge on any atom is 0.438 e. The number of para-hydroxylation sites is 1. The summed E-state index contributed by atoms with van der Waals surface area (Å²) in [4.78, 5) is 21.9. The van der Waals surface area contributed by atoms with E-state index in [1.54, 1.807) is 19.1 Å². The molecule has 1 saturated carbocycles. The summed E-state index contributed by atoms with van der Waals surface area (Å²) in [6.07, 6.45) is 1.35. The van der Waals surface area contributed by atoms with E-state index < -0.39 is 6.09 Å². The molecule has 0 heterocycles. The van der Waals surface area contributed by atoms with E-state index in [1.807, 2.05) is 12.1 Å². The predicted octanol–water partition coefficient (Wildman–Crippen LogP) is 3.00. The van der Waals surface area contributed by atoms with Crippen molar-refractivity contribution in [2.24, 2.45) is 21.3 Å². The zero-order chi connectivity index (χ0) is 19.8. The minimum absolute atomic E-state index is 0.246. The molecule has 0 aromatic heterocycles. The number of ether oxygens (including phenoxy) is 2. The molecule has 146 valence electrons. The number of amides is 1. The molecule has 0 bridgehead atoms. The van der Waals surface area contributed by atoms with Crippen molar-refractivity contribution in [3.63, 3.8) is 0 Å². The summed E-state index contributed by atoms with van der Waals surface area (Å²) >= 11 is 0. The maximum absolute atomic E-state index is 11.9. The number of anilines is 1. The van der Waals surface area contributed by atoms with Gasteiger partial charge in [0.05, 0.1) is 32.7 Å². The Morgan fingerprint density at radius 1 is 1.07 bits per heavy atom. The highest BCUT2D eigenvalue weighted by Gasteiger charge is 2.32. The highest BCUT2D eigenvalue weighted by molar-refractivity contribution is 6.40. The van der Waals surface area contributed by atoms with Crippen LogP contribution in [0.15, 0.2) is 39.6 Å². The highest BCUT2D eigenvalue weighted by Crippen LogP contribution is 2.31. The fourth-order valence-electron chi connectivity index (χ4n) is 2.42. The molecule has 27 heavy (non-hydrogen) atoms. The molecule has 9 nitrogen and oxygen atoms in total. The quantitative estimate of drug-likeness (QED) is 0.414. The molecule has 1 aliphatic rings. The van der Waals surface area contributed by atoms with Crippen molar-refractivity contribution in [1.82, 2.24) is 0 Å². The Bertz CT molecular complexity index is 756. The maximum atomic E-state index is 11.9. The Hall–Kier alpha value is -2.94. The first-order valence-corrected chi connectivity index (χ1v) is 8.36. The number of hydrogen-bond donors (Lipinski definition) is 0. The summed E-state index contributed by atoms with van der Waals surface area (Å²) in [7, 11) is 5.62. The molecule has 1 fully saturated rings. The Morgan fingerprint density at radius 3 is 2.33 bits per heavy atom. The number of carbonyl (C=O) groups excluding carboxylic acids is 1. The van der Waals surface area contributed by atoms with Crippen molar-refractivity contribution in [2.45, 2.75) is 19.8 Å². The minimum atomic E-state index is -0.645. The third kappa shape index (κ3) is 5.04. The normalized spacial score (nSPS) is 15.4. The fourth-order valence-corrected chi connectivity index (χ4v) is 2.42. The van der Waals surface area contributed by atoms with Gasteiger partial charge in [0.2, 0.25) is 0 Å². The van der Waals surface area contributed by atoms with E-state index in [4.69, 9.17) is 19.1 Å². The molecular weight excluding hydrogens is 352 g/mol. The van der Waals surface area contributed by atoms with Gasteiger partial charge >= 0.3 is 6.09 Å². The molecule has 1 amide bonds. The first kappa shape index (κ1) is 20.4. The number of hydroxylamine groups is 1. The Balaban J connectivity index is 2.40. The van der Waals surface area contributed by atoms with Crippen LogP contribution in [0.1, 0.15) is 25.3 Å². The lowest BCUT2D eigenvalue weighted by Gasteiger charge is -2.20. The van der Waals surface area contributed by atoms with Gasteiger partial charge in [0.15, 0.2) is 0 Å². The number of hydrogen-bond acceptors (Lipinski definition) is 8. The Kier molecular flexibility index (Phi) is 7.30. The second-order valence-electron chi connectivity index (χ2n) is 5.69. The Labute approximate surface area is 158 Å². The van der Waals surface area contributed by atoms with E-state index in [1.165, 1.54) is 28.4 Å². The third-order valence-corrected chi connectivity index (χ3v) is 3.89. The lowest BCUT2D eigenvalue weighted by atomic mass is 10.1. The molecule has 1 aromatic rings. The number of carbonyl (C=O) groups is 1. The van der Waals surface area contributed by atoms with Crippen LogP contribution < -0.4 is 5.06 Å². The largest absolute Gasteiger partial charge is 0.478 e. The van der Waals surface area contributed by atoms with Gasteiger partial charge in [-0.25, -0.2) is 4.79 Å². The van der Waals surface area contributed by atoms with E-state index in [2.05, 4.69) is 15.4 Å². The second-order valence-corrected chi connectivity index (χ2v) is 5.69. The molecule has 9 heteroatoms. The van der Waals surface area contributed by atoms with Crippen LogP contribution in [-0.4, -0.2) is 51.9 Å². The van der Waals surface area contributed by atoms with Crippen LogP contribution in [0.4, 0.5) is 10.5 Å². The molecule has 0 atom stereocenters. The summed E-state index contributed by atoms with van der Waals surface area (Å²) in [5, 5.41) is 13.6. The average Bonchev–Trinajstić information content (AvgIpc) is 3.53. The zero-order valence-corrected chi connectivity index (χ0v) is 16.1. The summed E-state index contributed by atoms with van der Waals surface area (Å²) in [6.45, 7) is 1.79. The summed E-state index contributed by atoms with van der Waals surface area (Å²) in [5.74, 6) is 0.550. The molecular formula is C18H24N4O5. The van der Waals surface area contributed by atoms with Gasteiger partial charge in [0.1, 0.15) is 12.8 Å². The predicted molar refractivity (Wildman–Crippen MR) is 102 cm³/mol. The third-order valence-electron chi connectivity index (χ3n) is 3.89. The van der Waals surface area contributed by atoms with Crippen LogP contribution >= 0.6 is 0 Å². The number of rotatable bonds is 7. The number of benzene rings is 1. The van der Waals surface area contributed by atoms with Gasteiger partial charge in [-0.2, -0.15) is 10.2 Å². The van der Waals surface area contributed by atoms with Crippen LogP contribution in [0.5, 0.6) is 0 Å². The lowest BCUT2D eigenvalue weighted by molar-refractivity contribution is 0.115. The molecule has 0 unspecified atom stereocenters. The lowest BCUT2D eigenvalue weighted by Crippen LogP contribution is -2.30. The van der Waals surface area contributed by atoms with Gasteiger partial charge in [-0.3, -0.25) is 4.84 Å². The van der Waals surface area contributed by atoms with Gasteiger partial charge in [-0.1, -0.05) is 18.2 Å². The Morgan fingerprint density at radius 2 is 1.78 bits per heavy atom. The van der Waals surface area contributed by atoms with Crippen molar-refractivity contribution in [1.29, 1.82) is 0 Å². The van der Waals surface area contributed by atoms with Crippen LogP contribution in [0, 0.1) is 5.92 Å². The second kappa shape index (κ2) is 9.67. The average molecular weight is 376 g/mol. The van der Waals surface area contributed by atoms with Crippen molar-refractivity contribution in [3.8, 4) is 0 Å². The van der Waals surface area contributed by atoms with E-state index in [0.717, 1.165) is 17.9 Å². The van der Waals surface area contributed by atoms with Crippen molar-refractivity contribution in [3.05, 3.63) is 29.8 Å². The first-order chi connectivity index (χ1) is 13.1. The summed E-state index contributed by atoms with van der Waals surface area (Å²) in [6, 6.07) is 7.17. The van der Waals surface area contributed by atoms with E-state index in [-0.39, 0.29) is 5.92 Å². The smallest absolute Gasteiger partial charge is 0.438 e. The summed E-state index contributed by atoms with van der Waals surface area (Å²) in [5.41, 5.74) is 2.38. The van der Waals surface area contributed by atoms with Gasteiger partial charge in [0, 0.05) is 11.5 Å². The van der Waals surface area contributed by atoms with Gasteiger partial charge < -0.3 is 14.3 Å². The monoisotopic (exact) mass is 376 g/mol. The van der Waals surface area contributed by atoms with Crippen LogP contribution in [0.3, 0.4) is 0 Å². The molecule has 0 N–H and O–H groups in total. The standard InChI is InChI=1S/C18H24N4O5/c1-12(19-20-16(13-10-11-13)17(24-2)21-26-4)14-8-6-7-9-15(14)22(27-5)18(23)25-3/h6-9,13H,10-11H2,1-5H3/b19-12+,20-16+,21-17-. The molecule has 1 aliphatic carbocycles. The first-order valence-electron chi connectivity index (χ1n) is 8.36. The van der Waals surface area contributed by atoms with Gasteiger partial charge in [-0.15, -0.1) is 5.10 Å². The fraction of sp³-hybridized carbons (Fsp3) is 0.444. The van der Waals surface area contributed by atoms with Crippen LogP contribution in [0.25, 0.3) is 0 Å². The van der Waals surface area contributed by atoms with E-state index in [9.17, 15) is 4.79 Å². The molecule has 0 saturated heterocycles. The van der Waals surface area contributed by atoms with E-state index >= 15 is 0 Å². The minimum Gasteiger partial charge on any atom is -0.478 e. The zero-order valence-electron chi connectivity index (χ0n) is 16.1. The number of oxime groups is 1. The molecule has 0 spiro atoms. The SMILES string of the molecule is CO/N=C(OC)/C(=N/N=C(\C)c1ccccc1N(OC)C(=O)OC)C1CC1. The van der Waals surface area contributed by atoms with Crippen LogP contribution in [0.2, 0.25) is 0 Å². The molecule has 0 aliphatic heterocycles.